The van der Waals surface area contributed by atoms with Crippen LogP contribution in [0.5, 0.6) is 0 Å². The zero-order chi connectivity index (χ0) is 19.2. The number of hydrogen-bond acceptors (Lipinski definition) is 3. The van der Waals surface area contributed by atoms with Gasteiger partial charge >= 0.3 is 12.1 Å². The molecule has 1 amide bonds. The topological polar surface area (TPSA) is 55.4 Å². The lowest BCUT2D eigenvalue weighted by Gasteiger charge is -2.13. The minimum Gasteiger partial charge on any atom is -0.452 e. The summed E-state index contributed by atoms with van der Waals surface area (Å²) < 4.78 is 43.5. The molecule has 0 heterocycles. The molecular formula is C19H18F3NO3. The van der Waals surface area contributed by atoms with Crippen molar-refractivity contribution in [3.8, 4) is 0 Å². The first-order chi connectivity index (χ1) is 12.3. The molecule has 0 aliphatic rings. The maximum absolute atomic E-state index is 12.9. The van der Waals surface area contributed by atoms with Crippen LogP contribution >= 0.6 is 0 Å². The largest absolute Gasteiger partial charge is 0.452 e. The molecule has 4 nitrogen and oxygen atoms in total. The normalized spacial score (nSPS) is 11.1. The highest BCUT2D eigenvalue weighted by Gasteiger charge is 2.32. The molecule has 0 saturated carbocycles. The summed E-state index contributed by atoms with van der Waals surface area (Å²) in [5.41, 5.74) is 0.489. The average molecular weight is 365 g/mol. The molecule has 0 radical (unpaired) electrons. The van der Waals surface area contributed by atoms with Crippen molar-refractivity contribution in [3.05, 3.63) is 70.8 Å². The third-order valence-corrected chi connectivity index (χ3v) is 3.73. The number of carbonyl (C=O) groups excluding carboxylic acids is 2. The summed E-state index contributed by atoms with van der Waals surface area (Å²) in [5.74, 6) is -1.35. The smallest absolute Gasteiger partial charge is 0.416 e. The first-order valence-corrected chi connectivity index (χ1v) is 7.99. The van der Waals surface area contributed by atoms with Crippen molar-refractivity contribution in [2.24, 2.45) is 0 Å². The number of rotatable bonds is 6. The first-order valence-electron chi connectivity index (χ1n) is 7.99. The van der Waals surface area contributed by atoms with Gasteiger partial charge in [0.1, 0.15) is 0 Å². The Hall–Kier alpha value is -2.83. The maximum atomic E-state index is 12.9. The van der Waals surface area contributed by atoms with Gasteiger partial charge in [0.2, 0.25) is 0 Å². The molecule has 0 atom stereocenters. The van der Waals surface area contributed by atoms with E-state index in [0.29, 0.717) is 5.56 Å². The monoisotopic (exact) mass is 365 g/mol. The number of nitrogens with one attached hydrogen (secondary N) is 1. The van der Waals surface area contributed by atoms with Crippen molar-refractivity contribution in [1.29, 1.82) is 0 Å². The lowest BCUT2D eigenvalue weighted by Crippen LogP contribution is -2.29. The van der Waals surface area contributed by atoms with Crippen molar-refractivity contribution < 1.29 is 27.5 Å². The summed E-state index contributed by atoms with van der Waals surface area (Å²) in [5, 5.41) is 2.32. The summed E-state index contributed by atoms with van der Waals surface area (Å²) in [6.07, 6.45) is -3.67. The van der Waals surface area contributed by atoms with Crippen molar-refractivity contribution in [1.82, 2.24) is 5.32 Å². The van der Waals surface area contributed by atoms with Gasteiger partial charge in [-0.05, 0) is 35.7 Å². The number of alkyl halides is 3. The van der Waals surface area contributed by atoms with Crippen LogP contribution in [0.1, 0.15) is 34.0 Å². The molecule has 0 aromatic heterocycles. The molecule has 0 bridgehead atoms. The van der Waals surface area contributed by atoms with E-state index >= 15 is 0 Å². The second-order valence-corrected chi connectivity index (χ2v) is 5.56. The Morgan fingerprint density at radius 1 is 1.04 bits per heavy atom. The van der Waals surface area contributed by atoms with Gasteiger partial charge in [-0.1, -0.05) is 37.3 Å². The molecule has 26 heavy (non-hydrogen) atoms. The average Bonchev–Trinajstić information content (AvgIpc) is 2.64. The van der Waals surface area contributed by atoms with Gasteiger partial charge in [-0.2, -0.15) is 13.2 Å². The van der Waals surface area contributed by atoms with E-state index in [4.69, 9.17) is 4.74 Å². The molecule has 0 saturated heterocycles. The van der Waals surface area contributed by atoms with Crippen LogP contribution in [0.4, 0.5) is 13.2 Å². The zero-order valence-corrected chi connectivity index (χ0v) is 14.1. The maximum Gasteiger partial charge on any atom is 0.416 e. The van der Waals surface area contributed by atoms with Gasteiger partial charge in [0.05, 0.1) is 11.1 Å². The Morgan fingerprint density at radius 3 is 2.31 bits per heavy atom. The van der Waals surface area contributed by atoms with E-state index < -0.39 is 30.2 Å². The third kappa shape index (κ3) is 5.34. The highest BCUT2D eigenvalue weighted by atomic mass is 19.4. The number of benzene rings is 2. The molecule has 0 spiro atoms. The van der Waals surface area contributed by atoms with E-state index in [0.717, 1.165) is 18.1 Å². The number of aryl methyl sites for hydroxylation is 1. The van der Waals surface area contributed by atoms with Crippen molar-refractivity contribution in [3.63, 3.8) is 0 Å². The Labute approximate surface area is 149 Å². The standard InChI is InChI=1S/C19H18F3NO3/c1-2-13-7-9-14(10-8-13)18(25)26-12-17(24)23-11-15-5-3-4-6-16(15)19(20,21)22/h3-10H,2,11-12H2,1H3,(H,23,24). The number of amides is 1. The second-order valence-electron chi connectivity index (χ2n) is 5.56. The molecule has 2 aromatic rings. The Morgan fingerprint density at radius 2 is 1.69 bits per heavy atom. The fraction of sp³-hybridized carbons (Fsp3) is 0.263. The predicted octanol–water partition coefficient (Wildman–Crippen LogP) is 3.74. The fourth-order valence-corrected chi connectivity index (χ4v) is 2.29. The molecule has 0 fully saturated rings. The molecular weight excluding hydrogens is 347 g/mol. The van der Waals surface area contributed by atoms with Crippen LogP contribution in [0.25, 0.3) is 0 Å². The number of halogens is 3. The molecule has 2 aromatic carbocycles. The van der Waals surface area contributed by atoms with Gasteiger partial charge in [-0.25, -0.2) is 4.79 Å². The molecule has 0 aliphatic heterocycles. The number of esters is 1. The van der Waals surface area contributed by atoms with Gasteiger partial charge in [-0.3, -0.25) is 4.79 Å². The summed E-state index contributed by atoms with van der Waals surface area (Å²) in [6, 6.07) is 11.7. The number of carbonyl (C=O) groups is 2. The van der Waals surface area contributed by atoms with E-state index in [-0.39, 0.29) is 12.1 Å². The Bertz CT molecular complexity index is 770. The van der Waals surface area contributed by atoms with Crippen LogP contribution in [0.2, 0.25) is 0 Å². The van der Waals surface area contributed by atoms with E-state index in [1.54, 1.807) is 24.3 Å². The van der Waals surface area contributed by atoms with Crippen LogP contribution in [0.15, 0.2) is 48.5 Å². The van der Waals surface area contributed by atoms with Gasteiger partial charge in [0, 0.05) is 6.54 Å². The molecule has 1 N–H and O–H groups in total. The van der Waals surface area contributed by atoms with Crippen molar-refractivity contribution >= 4 is 11.9 Å². The third-order valence-electron chi connectivity index (χ3n) is 3.73. The lowest BCUT2D eigenvalue weighted by molar-refractivity contribution is -0.138. The summed E-state index contributed by atoms with van der Waals surface area (Å²) >= 11 is 0. The van der Waals surface area contributed by atoms with Gasteiger partial charge in [-0.15, -0.1) is 0 Å². The SMILES string of the molecule is CCc1ccc(C(=O)OCC(=O)NCc2ccccc2C(F)(F)F)cc1. The van der Waals surface area contributed by atoms with Gasteiger partial charge in [0.25, 0.3) is 5.91 Å². The second kappa shape index (κ2) is 8.51. The lowest BCUT2D eigenvalue weighted by atomic mass is 10.1. The first kappa shape index (κ1) is 19.5. The number of ether oxygens (including phenoxy) is 1. The molecule has 7 heteroatoms. The van der Waals surface area contributed by atoms with Crippen molar-refractivity contribution in [2.75, 3.05) is 6.61 Å². The summed E-state index contributed by atoms with van der Waals surface area (Å²) in [7, 11) is 0. The highest BCUT2D eigenvalue weighted by Crippen LogP contribution is 2.31. The van der Waals surface area contributed by atoms with E-state index in [1.807, 2.05) is 6.92 Å². The van der Waals surface area contributed by atoms with Gasteiger partial charge < -0.3 is 10.1 Å². The fourth-order valence-electron chi connectivity index (χ4n) is 2.29. The Kier molecular flexibility index (Phi) is 6.38. The summed E-state index contributed by atoms with van der Waals surface area (Å²) in [4.78, 5) is 23.6. The van der Waals surface area contributed by atoms with Crippen LogP contribution < -0.4 is 5.32 Å². The predicted molar refractivity (Wildman–Crippen MR) is 89.4 cm³/mol. The van der Waals surface area contributed by atoms with Crippen LogP contribution in [0, 0.1) is 0 Å². The zero-order valence-electron chi connectivity index (χ0n) is 14.1. The minimum atomic E-state index is -4.50. The van der Waals surface area contributed by atoms with Crippen LogP contribution in [-0.4, -0.2) is 18.5 Å². The van der Waals surface area contributed by atoms with Crippen molar-refractivity contribution in [2.45, 2.75) is 26.1 Å². The molecule has 138 valence electrons. The molecule has 2 rings (SSSR count). The Balaban J connectivity index is 1.87. The van der Waals surface area contributed by atoms with E-state index in [1.165, 1.54) is 18.2 Å². The van der Waals surface area contributed by atoms with Crippen LogP contribution in [0.3, 0.4) is 0 Å². The van der Waals surface area contributed by atoms with E-state index in [9.17, 15) is 22.8 Å². The highest BCUT2D eigenvalue weighted by molar-refractivity contribution is 5.91. The van der Waals surface area contributed by atoms with E-state index in [2.05, 4.69) is 5.32 Å². The minimum absolute atomic E-state index is 0.0603. The summed E-state index contributed by atoms with van der Waals surface area (Å²) in [6.45, 7) is 1.11. The quantitative estimate of drug-likeness (QED) is 0.794. The molecule has 0 aliphatic carbocycles. The molecule has 0 unspecified atom stereocenters. The number of hydrogen-bond donors (Lipinski definition) is 1. The van der Waals surface area contributed by atoms with Gasteiger partial charge in [0.15, 0.2) is 6.61 Å². The van der Waals surface area contributed by atoms with Crippen LogP contribution in [-0.2, 0) is 28.7 Å².